The van der Waals surface area contributed by atoms with Crippen molar-refractivity contribution >= 4 is 11.8 Å². The number of rotatable bonds is 0. The van der Waals surface area contributed by atoms with E-state index in [1.54, 1.807) is 0 Å². The van der Waals surface area contributed by atoms with E-state index in [9.17, 15) is 0 Å². The van der Waals surface area contributed by atoms with Crippen LogP contribution in [0.4, 0.5) is 0 Å². The number of thioether (sulfide) groups is 1. The summed E-state index contributed by atoms with van der Waals surface area (Å²) in [5, 5.41) is 1.84. The first-order chi connectivity index (χ1) is 6.25. The van der Waals surface area contributed by atoms with Gasteiger partial charge < -0.3 is 0 Å². The van der Waals surface area contributed by atoms with Crippen molar-refractivity contribution in [2.45, 2.75) is 62.9 Å². The molecule has 13 heavy (non-hydrogen) atoms. The Bertz CT molecular complexity index is 149. The van der Waals surface area contributed by atoms with Crippen LogP contribution in [0.5, 0.6) is 0 Å². The van der Waals surface area contributed by atoms with E-state index in [0.717, 1.165) is 22.3 Å². The first kappa shape index (κ1) is 9.89. The van der Waals surface area contributed by atoms with Gasteiger partial charge in [0.25, 0.3) is 0 Å². The zero-order chi connectivity index (χ0) is 9.26. The van der Waals surface area contributed by atoms with Crippen LogP contribution in [0.3, 0.4) is 0 Å². The Morgan fingerprint density at radius 2 is 1.31 bits per heavy atom. The predicted octanol–water partition coefficient (Wildman–Crippen LogP) is 4.10. The maximum Gasteiger partial charge on any atom is 0.00241 e. The zero-order valence-corrected chi connectivity index (χ0v) is 9.78. The van der Waals surface area contributed by atoms with Crippen molar-refractivity contribution in [3.63, 3.8) is 0 Å². The molecule has 0 bridgehead atoms. The lowest BCUT2D eigenvalue weighted by Crippen LogP contribution is -2.20. The van der Waals surface area contributed by atoms with Gasteiger partial charge in [0.15, 0.2) is 0 Å². The smallest absolute Gasteiger partial charge is 0.00241 e. The van der Waals surface area contributed by atoms with E-state index in [4.69, 9.17) is 0 Å². The second-order valence-corrected chi connectivity index (χ2v) is 6.91. The summed E-state index contributed by atoms with van der Waals surface area (Å²) >= 11 is 2.23. The van der Waals surface area contributed by atoms with Gasteiger partial charge in [-0.1, -0.05) is 39.5 Å². The van der Waals surface area contributed by atoms with Crippen molar-refractivity contribution in [1.82, 2.24) is 0 Å². The average Bonchev–Trinajstić information content (AvgIpc) is 2.20. The van der Waals surface area contributed by atoms with Crippen molar-refractivity contribution < 1.29 is 0 Å². The fraction of sp³-hybridized carbons (Fsp3) is 1.00. The van der Waals surface area contributed by atoms with Gasteiger partial charge in [0.1, 0.15) is 0 Å². The zero-order valence-electron chi connectivity index (χ0n) is 8.96. The van der Waals surface area contributed by atoms with Crippen LogP contribution in [-0.4, -0.2) is 10.5 Å². The van der Waals surface area contributed by atoms with E-state index < -0.39 is 0 Å². The van der Waals surface area contributed by atoms with Gasteiger partial charge in [0, 0.05) is 10.5 Å². The molecule has 1 saturated heterocycles. The van der Waals surface area contributed by atoms with Gasteiger partial charge in [-0.15, -0.1) is 0 Å². The highest BCUT2D eigenvalue weighted by Gasteiger charge is 2.31. The molecular weight excluding hydrogens is 176 g/mol. The second kappa shape index (κ2) is 4.25. The minimum atomic E-state index is 0.920. The second-order valence-electron chi connectivity index (χ2n) is 5.03. The molecule has 2 rings (SSSR count). The highest BCUT2D eigenvalue weighted by molar-refractivity contribution is 8.00. The molecule has 1 heterocycles. The highest BCUT2D eigenvalue weighted by Crippen LogP contribution is 2.43. The van der Waals surface area contributed by atoms with Gasteiger partial charge in [-0.3, -0.25) is 0 Å². The molecule has 4 unspecified atom stereocenters. The maximum atomic E-state index is 2.43. The van der Waals surface area contributed by atoms with Gasteiger partial charge in [-0.2, -0.15) is 11.8 Å². The third-order valence-electron chi connectivity index (χ3n) is 3.80. The lowest BCUT2D eigenvalue weighted by molar-refractivity contribution is 0.218. The Hall–Kier alpha value is 0.350. The van der Waals surface area contributed by atoms with Crippen LogP contribution in [0.25, 0.3) is 0 Å². The average molecular weight is 198 g/mol. The highest BCUT2D eigenvalue weighted by atomic mass is 32.2. The molecule has 0 N–H and O–H groups in total. The minimum absolute atomic E-state index is 0.920. The Morgan fingerprint density at radius 3 is 1.77 bits per heavy atom. The van der Waals surface area contributed by atoms with Crippen LogP contribution in [0.15, 0.2) is 0 Å². The molecule has 0 aromatic heterocycles. The first-order valence-corrected chi connectivity index (χ1v) is 6.85. The van der Waals surface area contributed by atoms with E-state index in [-0.39, 0.29) is 0 Å². The van der Waals surface area contributed by atoms with Crippen LogP contribution in [-0.2, 0) is 0 Å². The molecule has 2 aliphatic rings. The maximum absolute atomic E-state index is 2.43. The molecular formula is C12H22S. The minimum Gasteiger partial charge on any atom is -0.156 e. The molecule has 0 spiro atoms. The monoisotopic (exact) mass is 198 g/mol. The first-order valence-electron chi connectivity index (χ1n) is 5.91. The largest absolute Gasteiger partial charge is 0.156 e. The van der Waals surface area contributed by atoms with Crippen LogP contribution in [0.1, 0.15) is 52.4 Å². The van der Waals surface area contributed by atoms with Gasteiger partial charge in [0.05, 0.1) is 0 Å². The standard InChI is InChI=1S/C12H22S/c1-9-7-11-5-3-4-6-12(11)8-10(2)13-9/h9-12H,3-8H2,1-2H3. The van der Waals surface area contributed by atoms with Crippen molar-refractivity contribution in [1.29, 1.82) is 0 Å². The third kappa shape index (κ3) is 2.43. The molecule has 0 amide bonds. The number of fused-ring (bicyclic) bond motifs is 1. The summed E-state index contributed by atoms with van der Waals surface area (Å²) in [4.78, 5) is 0. The van der Waals surface area contributed by atoms with Crippen LogP contribution in [0, 0.1) is 11.8 Å². The van der Waals surface area contributed by atoms with Gasteiger partial charge in [0.2, 0.25) is 0 Å². The number of hydrogen-bond donors (Lipinski definition) is 0. The summed E-state index contributed by atoms with van der Waals surface area (Å²) < 4.78 is 0. The molecule has 0 radical (unpaired) electrons. The Kier molecular flexibility index (Phi) is 3.23. The Balaban J connectivity index is 2.01. The SMILES string of the molecule is CC1CC2CCCCC2CC(C)S1. The molecule has 1 saturated carbocycles. The van der Waals surface area contributed by atoms with Crippen molar-refractivity contribution in [3.05, 3.63) is 0 Å². The van der Waals surface area contributed by atoms with Gasteiger partial charge >= 0.3 is 0 Å². The summed E-state index contributed by atoms with van der Waals surface area (Å²) in [7, 11) is 0. The Morgan fingerprint density at radius 1 is 0.846 bits per heavy atom. The summed E-state index contributed by atoms with van der Waals surface area (Å²) in [5.74, 6) is 2.17. The summed E-state index contributed by atoms with van der Waals surface area (Å²) in [5.41, 5.74) is 0. The topological polar surface area (TPSA) is 0 Å². The fourth-order valence-corrected chi connectivity index (χ4v) is 4.78. The molecule has 1 aliphatic heterocycles. The normalized spacial score (nSPS) is 46.6. The lowest BCUT2D eigenvalue weighted by atomic mass is 9.75. The summed E-state index contributed by atoms with van der Waals surface area (Å²) in [6.07, 6.45) is 9.07. The van der Waals surface area contributed by atoms with Crippen molar-refractivity contribution in [2.24, 2.45) is 11.8 Å². The molecule has 76 valence electrons. The molecule has 0 aromatic carbocycles. The lowest BCUT2D eigenvalue weighted by Gasteiger charge is -2.30. The fourth-order valence-electron chi connectivity index (χ4n) is 3.27. The number of hydrogen-bond acceptors (Lipinski definition) is 1. The van der Waals surface area contributed by atoms with Crippen LogP contribution in [0.2, 0.25) is 0 Å². The molecule has 4 atom stereocenters. The van der Waals surface area contributed by atoms with Crippen molar-refractivity contribution in [3.8, 4) is 0 Å². The Labute approximate surface area is 86.9 Å². The van der Waals surface area contributed by atoms with E-state index in [1.165, 1.54) is 38.5 Å². The van der Waals surface area contributed by atoms with Crippen LogP contribution < -0.4 is 0 Å². The van der Waals surface area contributed by atoms with E-state index in [1.807, 2.05) is 0 Å². The van der Waals surface area contributed by atoms with E-state index >= 15 is 0 Å². The predicted molar refractivity (Wildman–Crippen MR) is 61.2 cm³/mol. The van der Waals surface area contributed by atoms with Gasteiger partial charge in [-0.25, -0.2) is 0 Å². The molecule has 2 fully saturated rings. The van der Waals surface area contributed by atoms with Gasteiger partial charge in [-0.05, 0) is 24.7 Å². The third-order valence-corrected chi connectivity index (χ3v) is 5.11. The van der Waals surface area contributed by atoms with E-state index in [0.29, 0.717) is 0 Å². The van der Waals surface area contributed by atoms with Crippen LogP contribution >= 0.6 is 11.8 Å². The van der Waals surface area contributed by atoms with E-state index in [2.05, 4.69) is 25.6 Å². The van der Waals surface area contributed by atoms with Crippen molar-refractivity contribution in [2.75, 3.05) is 0 Å². The quantitative estimate of drug-likeness (QED) is 0.565. The summed E-state index contributed by atoms with van der Waals surface area (Å²) in [6, 6.07) is 0. The molecule has 0 nitrogen and oxygen atoms in total. The summed E-state index contributed by atoms with van der Waals surface area (Å²) in [6.45, 7) is 4.86. The molecule has 1 aliphatic carbocycles. The molecule has 1 heteroatoms. The molecule has 0 aromatic rings.